The molecule has 0 aliphatic carbocycles. The van der Waals surface area contributed by atoms with Crippen LogP contribution in [-0.4, -0.2) is 23.7 Å². The zero-order chi connectivity index (χ0) is 28.5. The maximum Gasteiger partial charge on any atom is 0.248 e. The summed E-state index contributed by atoms with van der Waals surface area (Å²) in [5.41, 5.74) is 0. The van der Waals surface area contributed by atoms with Gasteiger partial charge in [0.2, 0.25) is 5.91 Å². The SMILES string of the molecule is CCCCCCCC/C=C\CCCCCCCCNC(=O)C(O)CCCCCCCCCCCCCCCC. The van der Waals surface area contributed by atoms with Crippen LogP contribution in [-0.2, 0) is 4.79 Å². The van der Waals surface area contributed by atoms with Gasteiger partial charge in [-0.05, 0) is 38.5 Å². The highest BCUT2D eigenvalue weighted by molar-refractivity contribution is 5.80. The molecule has 39 heavy (non-hydrogen) atoms. The molecule has 0 rings (SSSR count). The number of carbonyl (C=O) groups is 1. The smallest absolute Gasteiger partial charge is 0.248 e. The van der Waals surface area contributed by atoms with Crippen LogP contribution in [0.1, 0.15) is 200 Å². The fraction of sp³-hybridized carbons (Fsp3) is 0.917. The number of carbonyl (C=O) groups excluding carboxylic acids is 1. The first-order valence-electron chi connectivity index (χ1n) is 17.8. The monoisotopic (exact) mass is 550 g/mol. The third kappa shape index (κ3) is 31.6. The predicted octanol–water partition coefficient (Wildman–Crippen LogP) is 11.4. The summed E-state index contributed by atoms with van der Waals surface area (Å²) in [4.78, 5) is 12.1. The van der Waals surface area contributed by atoms with Gasteiger partial charge in [0, 0.05) is 6.54 Å². The molecule has 1 unspecified atom stereocenters. The van der Waals surface area contributed by atoms with Crippen molar-refractivity contribution in [1.29, 1.82) is 0 Å². The minimum Gasteiger partial charge on any atom is -0.383 e. The normalized spacial score (nSPS) is 12.4. The number of rotatable bonds is 32. The van der Waals surface area contributed by atoms with Crippen LogP contribution in [0.2, 0.25) is 0 Å². The summed E-state index contributed by atoms with van der Waals surface area (Å²) in [5.74, 6) is -0.169. The summed E-state index contributed by atoms with van der Waals surface area (Å²) < 4.78 is 0. The Balaban J connectivity index is 3.31. The number of hydrogen-bond donors (Lipinski definition) is 2. The van der Waals surface area contributed by atoms with Crippen molar-refractivity contribution in [3.05, 3.63) is 12.2 Å². The van der Waals surface area contributed by atoms with Gasteiger partial charge in [-0.15, -0.1) is 0 Å². The standard InChI is InChI=1S/C36H71NO2/c1-3-5-7-9-11-13-15-17-19-20-22-24-26-28-30-32-34-37-36(39)35(38)33-31-29-27-25-23-21-18-16-14-12-10-8-6-4-2/h17,19,35,38H,3-16,18,20-34H2,1-2H3,(H,37,39)/b19-17-. The molecule has 0 aliphatic heterocycles. The molecule has 232 valence electrons. The van der Waals surface area contributed by atoms with Gasteiger partial charge in [0.15, 0.2) is 0 Å². The van der Waals surface area contributed by atoms with Gasteiger partial charge in [-0.25, -0.2) is 0 Å². The van der Waals surface area contributed by atoms with Gasteiger partial charge >= 0.3 is 0 Å². The molecular weight excluding hydrogens is 478 g/mol. The molecule has 0 spiro atoms. The Bertz CT molecular complexity index is 504. The van der Waals surface area contributed by atoms with E-state index in [4.69, 9.17) is 0 Å². The number of amides is 1. The first-order chi connectivity index (χ1) is 19.2. The number of nitrogens with one attached hydrogen (secondary N) is 1. The lowest BCUT2D eigenvalue weighted by molar-refractivity contribution is -0.129. The van der Waals surface area contributed by atoms with E-state index in [0.717, 1.165) is 19.3 Å². The summed E-state index contributed by atoms with van der Waals surface area (Å²) in [5, 5.41) is 13.1. The largest absolute Gasteiger partial charge is 0.383 e. The number of aliphatic hydroxyl groups excluding tert-OH is 1. The highest BCUT2D eigenvalue weighted by Gasteiger charge is 2.13. The number of unbranched alkanes of at least 4 members (excludes halogenated alkanes) is 25. The Hall–Kier alpha value is -0.830. The summed E-state index contributed by atoms with van der Waals surface area (Å²) >= 11 is 0. The average Bonchev–Trinajstić information content (AvgIpc) is 2.94. The van der Waals surface area contributed by atoms with Crippen LogP contribution in [0.5, 0.6) is 0 Å². The molecule has 0 heterocycles. The quantitative estimate of drug-likeness (QED) is 0.0647. The minimum absolute atomic E-state index is 0.169. The molecule has 0 saturated carbocycles. The molecule has 0 aliphatic rings. The second kappa shape index (κ2) is 33.4. The van der Waals surface area contributed by atoms with Crippen LogP contribution in [0.15, 0.2) is 12.2 Å². The molecule has 3 heteroatoms. The number of allylic oxidation sites excluding steroid dienone is 2. The van der Waals surface area contributed by atoms with Gasteiger partial charge in [0.1, 0.15) is 6.10 Å². The number of hydrogen-bond acceptors (Lipinski definition) is 2. The predicted molar refractivity (Wildman–Crippen MR) is 173 cm³/mol. The van der Waals surface area contributed by atoms with Gasteiger partial charge in [0.05, 0.1) is 0 Å². The van der Waals surface area contributed by atoms with E-state index in [0.29, 0.717) is 13.0 Å². The molecule has 2 N–H and O–H groups in total. The second-order valence-corrected chi connectivity index (χ2v) is 12.1. The molecule has 0 bridgehead atoms. The van der Waals surface area contributed by atoms with Crippen molar-refractivity contribution < 1.29 is 9.90 Å². The molecule has 0 aromatic heterocycles. The van der Waals surface area contributed by atoms with Crippen molar-refractivity contribution in [3.63, 3.8) is 0 Å². The van der Waals surface area contributed by atoms with Crippen LogP contribution in [0.3, 0.4) is 0 Å². The highest BCUT2D eigenvalue weighted by Crippen LogP contribution is 2.14. The zero-order valence-electron chi connectivity index (χ0n) is 26.8. The molecule has 0 fully saturated rings. The fourth-order valence-electron chi connectivity index (χ4n) is 5.37. The van der Waals surface area contributed by atoms with E-state index < -0.39 is 6.10 Å². The van der Waals surface area contributed by atoms with Crippen LogP contribution < -0.4 is 5.32 Å². The van der Waals surface area contributed by atoms with Crippen molar-refractivity contribution >= 4 is 5.91 Å². The van der Waals surface area contributed by atoms with E-state index in [1.54, 1.807) is 0 Å². The van der Waals surface area contributed by atoms with Crippen LogP contribution >= 0.6 is 0 Å². The van der Waals surface area contributed by atoms with E-state index in [1.807, 2.05) is 0 Å². The summed E-state index contributed by atoms with van der Waals surface area (Å²) in [6.45, 7) is 5.26. The Labute approximate surface area is 245 Å². The molecule has 1 amide bonds. The Kier molecular flexibility index (Phi) is 32.7. The molecule has 0 radical (unpaired) electrons. The van der Waals surface area contributed by atoms with Gasteiger partial charge in [-0.2, -0.15) is 0 Å². The van der Waals surface area contributed by atoms with Crippen LogP contribution in [0, 0.1) is 0 Å². The van der Waals surface area contributed by atoms with Crippen molar-refractivity contribution in [1.82, 2.24) is 5.32 Å². The van der Waals surface area contributed by atoms with Crippen molar-refractivity contribution in [3.8, 4) is 0 Å². The van der Waals surface area contributed by atoms with Crippen LogP contribution in [0.4, 0.5) is 0 Å². The maximum absolute atomic E-state index is 12.1. The first kappa shape index (κ1) is 38.2. The average molecular weight is 550 g/mol. The lowest BCUT2D eigenvalue weighted by Gasteiger charge is -2.11. The molecule has 0 aromatic carbocycles. The van der Waals surface area contributed by atoms with Gasteiger partial charge in [-0.3, -0.25) is 4.79 Å². The Morgan fingerprint density at radius 3 is 1.26 bits per heavy atom. The van der Waals surface area contributed by atoms with Gasteiger partial charge in [0.25, 0.3) is 0 Å². The fourth-order valence-corrected chi connectivity index (χ4v) is 5.37. The Morgan fingerprint density at radius 1 is 0.513 bits per heavy atom. The van der Waals surface area contributed by atoms with E-state index in [9.17, 15) is 9.90 Å². The third-order valence-corrected chi connectivity index (χ3v) is 8.12. The highest BCUT2D eigenvalue weighted by atomic mass is 16.3. The third-order valence-electron chi connectivity index (χ3n) is 8.12. The second-order valence-electron chi connectivity index (χ2n) is 12.1. The summed E-state index contributed by atoms with van der Waals surface area (Å²) in [6.07, 6.45) is 41.3. The summed E-state index contributed by atoms with van der Waals surface area (Å²) in [7, 11) is 0. The van der Waals surface area contributed by atoms with Crippen molar-refractivity contribution in [2.75, 3.05) is 6.54 Å². The number of aliphatic hydroxyl groups is 1. The van der Waals surface area contributed by atoms with E-state index in [-0.39, 0.29) is 5.91 Å². The molecular formula is C36H71NO2. The molecule has 3 nitrogen and oxygen atoms in total. The molecule has 0 aromatic rings. The molecule has 0 saturated heterocycles. The summed E-state index contributed by atoms with van der Waals surface area (Å²) in [6, 6.07) is 0. The topological polar surface area (TPSA) is 49.3 Å². The lowest BCUT2D eigenvalue weighted by atomic mass is 10.0. The first-order valence-corrected chi connectivity index (χ1v) is 17.8. The molecule has 1 atom stereocenters. The van der Waals surface area contributed by atoms with E-state index in [1.165, 1.54) is 161 Å². The Morgan fingerprint density at radius 2 is 0.846 bits per heavy atom. The van der Waals surface area contributed by atoms with Gasteiger partial charge < -0.3 is 10.4 Å². The zero-order valence-corrected chi connectivity index (χ0v) is 26.8. The lowest BCUT2D eigenvalue weighted by Crippen LogP contribution is -2.35. The van der Waals surface area contributed by atoms with Crippen LogP contribution in [0.25, 0.3) is 0 Å². The van der Waals surface area contributed by atoms with E-state index >= 15 is 0 Å². The van der Waals surface area contributed by atoms with E-state index in [2.05, 4.69) is 31.3 Å². The maximum atomic E-state index is 12.1. The van der Waals surface area contributed by atoms with Crippen molar-refractivity contribution in [2.24, 2.45) is 0 Å². The minimum atomic E-state index is -0.823. The van der Waals surface area contributed by atoms with Crippen molar-refractivity contribution in [2.45, 2.75) is 206 Å². The van der Waals surface area contributed by atoms with Gasteiger partial charge in [-0.1, -0.05) is 174 Å².